The molecule has 0 amide bonds. The maximum Gasteiger partial charge on any atom is 0.189 e. The van der Waals surface area contributed by atoms with Gasteiger partial charge in [-0.2, -0.15) is 5.26 Å². The van der Waals surface area contributed by atoms with Crippen LogP contribution in [0.3, 0.4) is 0 Å². The van der Waals surface area contributed by atoms with Crippen molar-refractivity contribution in [1.29, 1.82) is 5.26 Å². The zero-order valence-electron chi connectivity index (χ0n) is 40.0. The Kier molecular flexibility index (Phi) is 9.53. The normalized spacial score (nSPS) is 11.9. The number of para-hydroxylation sites is 4. The van der Waals surface area contributed by atoms with Gasteiger partial charge in [0.2, 0.25) is 0 Å². The zero-order chi connectivity index (χ0) is 49.6. The van der Waals surface area contributed by atoms with Crippen LogP contribution in [0.25, 0.3) is 105 Å². The lowest BCUT2D eigenvalue weighted by Gasteiger charge is -2.26. The molecule has 6 heteroatoms. The Morgan fingerprint density at radius 2 is 1.01 bits per heavy atom. The van der Waals surface area contributed by atoms with Gasteiger partial charge in [-0.1, -0.05) is 165 Å². The van der Waals surface area contributed by atoms with E-state index in [9.17, 15) is 5.26 Å². The first-order chi connectivity index (χ1) is 36.5. The molecule has 0 spiro atoms. The molecule has 0 atom stereocenters. The van der Waals surface area contributed by atoms with Gasteiger partial charge in [-0.25, -0.2) is 4.85 Å². The van der Waals surface area contributed by atoms with E-state index in [1.165, 1.54) is 21.7 Å². The maximum atomic E-state index is 9.97. The number of hydrogen-bond acceptors (Lipinski definition) is 3. The molecule has 14 aromatic rings. The van der Waals surface area contributed by atoms with Crippen LogP contribution in [0.5, 0.6) is 0 Å². The molecule has 0 radical (unpaired) electrons. The Morgan fingerprint density at radius 1 is 0.486 bits per heavy atom. The molecule has 74 heavy (non-hydrogen) atoms. The molecule has 0 aliphatic heterocycles. The van der Waals surface area contributed by atoms with Gasteiger partial charge in [-0.3, -0.25) is 0 Å². The first-order valence-electron chi connectivity index (χ1n) is 24.7. The van der Waals surface area contributed by atoms with Crippen molar-refractivity contribution in [3.05, 3.63) is 264 Å². The number of fused-ring (bicyclic) bond motifs is 9. The largest absolute Gasteiger partial charge is 0.312 e. The van der Waals surface area contributed by atoms with Crippen molar-refractivity contribution in [3.8, 4) is 28.3 Å². The molecule has 0 saturated heterocycles. The monoisotopic (exact) mass is 942 g/mol. The van der Waals surface area contributed by atoms with E-state index in [1.807, 2.05) is 66.7 Å². The van der Waals surface area contributed by atoms with E-state index in [4.69, 9.17) is 19.7 Å². The van der Waals surface area contributed by atoms with Crippen molar-refractivity contribution < 1.29 is 0 Å². The van der Waals surface area contributed by atoms with E-state index in [2.05, 4.69) is 193 Å². The molecule has 344 valence electrons. The molecular formula is C68H42N6. The van der Waals surface area contributed by atoms with Gasteiger partial charge in [0, 0.05) is 93.5 Å². The Balaban J connectivity index is 1.11. The van der Waals surface area contributed by atoms with E-state index in [0.29, 0.717) is 11.3 Å². The van der Waals surface area contributed by atoms with Gasteiger partial charge in [-0.05, 0) is 90.0 Å². The first kappa shape index (κ1) is 42.5. The topological polar surface area (TPSA) is 43.5 Å². The summed E-state index contributed by atoms with van der Waals surface area (Å²) in [6.45, 7) is 17.5. The van der Waals surface area contributed by atoms with Crippen LogP contribution in [0.1, 0.15) is 5.56 Å². The van der Waals surface area contributed by atoms with Crippen molar-refractivity contribution in [2.24, 2.45) is 0 Å². The van der Waals surface area contributed by atoms with E-state index < -0.39 is 0 Å². The summed E-state index contributed by atoms with van der Waals surface area (Å²) in [5, 5.41) is 19.9. The summed E-state index contributed by atoms with van der Waals surface area (Å²) in [5.74, 6) is 0. The third-order valence-corrected chi connectivity index (χ3v) is 14.8. The van der Waals surface area contributed by atoms with Gasteiger partial charge < -0.3 is 18.6 Å². The van der Waals surface area contributed by atoms with Gasteiger partial charge in [0.15, 0.2) is 5.69 Å². The summed E-state index contributed by atoms with van der Waals surface area (Å²) in [6.07, 6.45) is 2.16. The second-order valence-corrected chi connectivity index (χ2v) is 18.8. The molecule has 14 rings (SSSR count). The van der Waals surface area contributed by atoms with Crippen molar-refractivity contribution in [2.75, 3.05) is 9.80 Å². The third kappa shape index (κ3) is 6.23. The van der Waals surface area contributed by atoms with Gasteiger partial charge in [0.05, 0.1) is 45.8 Å². The van der Waals surface area contributed by atoms with Crippen LogP contribution in [0.2, 0.25) is 0 Å². The minimum Gasteiger partial charge on any atom is -0.312 e. The van der Waals surface area contributed by atoms with Gasteiger partial charge in [0.25, 0.3) is 0 Å². The van der Waals surface area contributed by atoms with Gasteiger partial charge >= 0.3 is 0 Å². The average Bonchev–Trinajstić information content (AvgIpc) is 4.36. The van der Waals surface area contributed by atoms with Crippen molar-refractivity contribution in [1.82, 2.24) is 8.80 Å². The molecule has 0 fully saturated rings. The molecule has 0 bridgehead atoms. The van der Waals surface area contributed by atoms with Crippen molar-refractivity contribution >= 4 is 112 Å². The lowest BCUT2D eigenvalue weighted by atomic mass is 9.89. The second kappa shape index (κ2) is 16.6. The Morgan fingerprint density at radius 3 is 1.66 bits per heavy atom. The fourth-order valence-electron chi connectivity index (χ4n) is 11.8. The number of anilines is 5. The van der Waals surface area contributed by atoms with E-state index in [0.717, 1.165) is 111 Å². The summed E-state index contributed by atoms with van der Waals surface area (Å²) in [5.41, 5.74) is 16.8. The highest BCUT2D eigenvalue weighted by Gasteiger charge is 2.30. The third-order valence-electron chi connectivity index (χ3n) is 14.8. The molecule has 0 unspecified atom stereocenters. The minimum absolute atomic E-state index is 0.561. The predicted molar refractivity (Wildman–Crippen MR) is 308 cm³/mol. The lowest BCUT2D eigenvalue weighted by molar-refractivity contribution is 1.21. The van der Waals surface area contributed by atoms with Crippen LogP contribution in [0.15, 0.2) is 237 Å². The number of nitriles is 1. The van der Waals surface area contributed by atoms with Crippen molar-refractivity contribution in [3.63, 3.8) is 0 Å². The number of allylic oxidation sites excluding steroid dienone is 1. The number of rotatable bonds is 9. The number of nitrogens with zero attached hydrogens (tertiary/aromatic N) is 6. The first-order valence-corrected chi connectivity index (χ1v) is 24.7. The molecular weight excluding hydrogens is 901 g/mol. The smallest absolute Gasteiger partial charge is 0.189 e. The molecule has 10 aromatic carbocycles. The summed E-state index contributed by atoms with van der Waals surface area (Å²) < 4.78 is 4.94. The molecule has 0 aliphatic rings. The quantitative estimate of drug-likeness (QED) is 0.135. The molecule has 0 N–H and O–H groups in total. The Labute approximate surface area is 426 Å². The number of hydrogen-bond donors (Lipinski definition) is 0. The van der Waals surface area contributed by atoms with Crippen molar-refractivity contribution in [2.45, 2.75) is 0 Å². The highest BCUT2D eigenvalue weighted by atomic mass is 15.2. The van der Waals surface area contributed by atoms with Crippen LogP contribution in [0, 0.1) is 17.9 Å². The van der Waals surface area contributed by atoms with Crippen LogP contribution in [-0.2, 0) is 0 Å². The van der Waals surface area contributed by atoms with E-state index in [1.54, 1.807) is 0 Å². The Bertz CT molecular complexity index is 4770. The number of benzene rings is 10. The van der Waals surface area contributed by atoms with Crippen LogP contribution in [0.4, 0.5) is 34.1 Å². The van der Waals surface area contributed by atoms with Crippen LogP contribution < -0.4 is 20.4 Å². The highest BCUT2D eigenvalue weighted by Crippen LogP contribution is 2.53. The fraction of sp³-hybridized carbons (Fsp3) is 0. The van der Waals surface area contributed by atoms with E-state index >= 15 is 0 Å². The SMILES string of the molecule is [C-]#[N+]c1cccc(N(C(=C)/C=c2\c(=C)n3c4c(-c5ccccc5)c5c6cccc7c8cc(N(c9ccccc9)c9cccc(C#N)c9)ccc8n(c5c(-c5ccccc5)c4c4cccc2c43)c76)c2ccccc2)c1. The number of aromatic nitrogens is 2. The fourth-order valence-corrected chi connectivity index (χ4v) is 11.8. The minimum atomic E-state index is 0.561. The molecule has 0 aliphatic carbocycles. The maximum absolute atomic E-state index is 9.97. The molecule has 4 heterocycles. The van der Waals surface area contributed by atoms with Gasteiger partial charge in [0.1, 0.15) is 0 Å². The van der Waals surface area contributed by atoms with Crippen LogP contribution >= 0.6 is 0 Å². The lowest BCUT2D eigenvalue weighted by Crippen LogP contribution is -2.26. The molecule has 4 aromatic heterocycles. The Hall–Kier alpha value is -10.4. The van der Waals surface area contributed by atoms with E-state index in [-0.39, 0.29) is 0 Å². The zero-order valence-corrected chi connectivity index (χ0v) is 40.0. The molecule has 0 saturated carbocycles. The second-order valence-electron chi connectivity index (χ2n) is 18.8. The summed E-state index contributed by atoms with van der Waals surface area (Å²) in [4.78, 5) is 8.12. The van der Waals surface area contributed by atoms with Crippen LogP contribution in [-0.4, -0.2) is 8.80 Å². The standard InChI is InChI=1S/C68H42N6/c1-43(71(49-26-12-6-13-27-49)52-31-17-25-48(40-52)70-3)38-58-44(2)72-65-54(58)32-18-34-56(65)63-62(47-23-10-5-11-24-47)68-64(61(67(63)72)46-21-8-4-9-22-46)57-35-19-33-55-59-41-53(36-37-60(59)74(68)66(55)57)73(50-28-14-7-15-29-50)51-30-16-20-45(39-51)42-69/h4-41H,1-2H2/b58-38+. The highest BCUT2D eigenvalue weighted by molar-refractivity contribution is 6.36. The summed E-state index contributed by atoms with van der Waals surface area (Å²) >= 11 is 0. The summed E-state index contributed by atoms with van der Waals surface area (Å²) in [7, 11) is 0. The predicted octanol–water partition coefficient (Wildman–Crippen LogP) is 16.6. The van der Waals surface area contributed by atoms with Gasteiger partial charge in [-0.15, -0.1) is 0 Å². The average molecular weight is 943 g/mol. The summed E-state index contributed by atoms with van der Waals surface area (Å²) in [6, 6.07) is 80.4. The molecule has 6 nitrogen and oxygen atoms in total.